The van der Waals surface area contributed by atoms with Crippen LogP contribution in [0.15, 0.2) is 24.3 Å². The van der Waals surface area contributed by atoms with Crippen LogP contribution in [-0.2, 0) is 0 Å². The summed E-state index contributed by atoms with van der Waals surface area (Å²) in [5.74, 6) is 1.13. The summed E-state index contributed by atoms with van der Waals surface area (Å²) in [6.07, 6.45) is 1.23. The molecule has 0 aromatic heterocycles. The summed E-state index contributed by atoms with van der Waals surface area (Å²) in [7, 11) is 1.55. The summed E-state index contributed by atoms with van der Waals surface area (Å²) in [6, 6.07) is 4.75. The zero-order chi connectivity index (χ0) is 14.4. The molecular formula is C16H22F2O. The summed E-state index contributed by atoms with van der Waals surface area (Å²) < 4.78 is 31.3. The molecule has 0 saturated carbocycles. The first-order valence-corrected chi connectivity index (χ1v) is 6.65. The zero-order valence-electron chi connectivity index (χ0n) is 12.0. The molecular weight excluding hydrogens is 246 g/mol. The van der Waals surface area contributed by atoms with E-state index in [9.17, 15) is 8.78 Å². The van der Waals surface area contributed by atoms with Crippen molar-refractivity contribution >= 4 is 5.57 Å². The van der Waals surface area contributed by atoms with E-state index in [1.807, 2.05) is 6.92 Å². The number of ether oxygens (including phenoxy) is 1. The topological polar surface area (TPSA) is 9.23 Å². The van der Waals surface area contributed by atoms with Crippen LogP contribution in [0.2, 0.25) is 0 Å². The second kappa shape index (κ2) is 7.27. The molecule has 0 unspecified atom stereocenters. The average molecular weight is 268 g/mol. The molecule has 1 rings (SSSR count). The molecule has 0 N–H and O–H groups in total. The van der Waals surface area contributed by atoms with Crippen LogP contribution in [0.5, 0.6) is 5.75 Å². The fraction of sp³-hybridized carbons (Fsp3) is 0.500. The summed E-state index contributed by atoms with van der Waals surface area (Å²) in [5, 5.41) is 0. The van der Waals surface area contributed by atoms with Crippen molar-refractivity contribution in [3.8, 4) is 5.75 Å². The van der Waals surface area contributed by atoms with Crippen LogP contribution in [0.3, 0.4) is 0 Å². The Labute approximate surface area is 114 Å². The van der Waals surface area contributed by atoms with E-state index in [4.69, 9.17) is 4.74 Å². The molecule has 0 atom stereocenters. The van der Waals surface area contributed by atoms with E-state index < -0.39 is 6.43 Å². The number of methoxy groups -OCH3 is 1. The molecule has 0 fully saturated rings. The summed E-state index contributed by atoms with van der Waals surface area (Å²) in [4.78, 5) is 0. The monoisotopic (exact) mass is 268 g/mol. The van der Waals surface area contributed by atoms with Crippen molar-refractivity contribution in [1.82, 2.24) is 0 Å². The lowest BCUT2D eigenvalue weighted by atomic mass is 9.95. The number of allylic oxidation sites excluding steroid dienone is 2. The van der Waals surface area contributed by atoms with Gasteiger partial charge in [-0.1, -0.05) is 26.8 Å². The number of halogens is 2. The van der Waals surface area contributed by atoms with Gasteiger partial charge in [-0.25, -0.2) is 8.78 Å². The zero-order valence-corrected chi connectivity index (χ0v) is 12.0. The minimum absolute atomic E-state index is 0.0812. The van der Waals surface area contributed by atoms with Crippen LogP contribution in [0.1, 0.15) is 51.2 Å². The molecule has 0 amide bonds. The van der Waals surface area contributed by atoms with Gasteiger partial charge in [-0.2, -0.15) is 0 Å². The Kier molecular flexibility index (Phi) is 6.00. The van der Waals surface area contributed by atoms with Gasteiger partial charge in [-0.3, -0.25) is 0 Å². The lowest BCUT2D eigenvalue weighted by Crippen LogP contribution is -1.96. The Balaban J connectivity index is 3.22. The number of hydrogen-bond donors (Lipinski definition) is 0. The van der Waals surface area contributed by atoms with Crippen molar-refractivity contribution in [3.63, 3.8) is 0 Å². The van der Waals surface area contributed by atoms with E-state index >= 15 is 0 Å². The van der Waals surface area contributed by atoms with Crippen molar-refractivity contribution in [2.45, 2.75) is 40.0 Å². The van der Waals surface area contributed by atoms with Crippen LogP contribution in [0.25, 0.3) is 5.57 Å². The maximum atomic E-state index is 13.1. The normalized spacial score (nSPS) is 12.3. The standard InChI is InChI=1S/C16H22F2O/c1-5-12(7-6-11(2)3)15-10-13(19-4)8-9-14(15)16(17)18/h7-11,16H,5-6H2,1-4H3/b12-7+. The fourth-order valence-electron chi connectivity index (χ4n) is 1.95. The molecule has 0 radical (unpaired) electrons. The first kappa shape index (κ1) is 15.7. The quantitative estimate of drug-likeness (QED) is 0.664. The molecule has 0 spiro atoms. The molecule has 0 bridgehead atoms. The van der Waals surface area contributed by atoms with Crippen LogP contribution in [0, 0.1) is 5.92 Å². The van der Waals surface area contributed by atoms with Gasteiger partial charge in [0.2, 0.25) is 0 Å². The molecule has 0 saturated heterocycles. The minimum atomic E-state index is -2.46. The van der Waals surface area contributed by atoms with Gasteiger partial charge in [-0.15, -0.1) is 0 Å². The third-order valence-corrected chi connectivity index (χ3v) is 3.06. The van der Waals surface area contributed by atoms with Gasteiger partial charge in [0.15, 0.2) is 0 Å². The average Bonchev–Trinajstić information content (AvgIpc) is 2.38. The Bertz CT molecular complexity index is 436. The van der Waals surface area contributed by atoms with Gasteiger partial charge in [0.1, 0.15) is 5.75 Å². The number of hydrogen-bond acceptors (Lipinski definition) is 1. The van der Waals surface area contributed by atoms with Gasteiger partial charge >= 0.3 is 0 Å². The van der Waals surface area contributed by atoms with Gasteiger partial charge in [0.25, 0.3) is 6.43 Å². The van der Waals surface area contributed by atoms with Crippen molar-refractivity contribution in [2.24, 2.45) is 5.92 Å². The van der Waals surface area contributed by atoms with E-state index in [1.165, 1.54) is 6.07 Å². The molecule has 0 aliphatic rings. The summed E-state index contributed by atoms with van der Waals surface area (Å²) in [6.45, 7) is 6.22. The molecule has 1 nitrogen and oxygen atoms in total. The molecule has 3 heteroatoms. The number of alkyl halides is 2. The first-order chi connectivity index (χ1) is 8.99. The predicted molar refractivity (Wildman–Crippen MR) is 75.7 cm³/mol. The summed E-state index contributed by atoms with van der Waals surface area (Å²) in [5.41, 5.74) is 1.65. The highest BCUT2D eigenvalue weighted by molar-refractivity contribution is 5.69. The van der Waals surface area contributed by atoms with Crippen LogP contribution >= 0.6 is 0 Å². The third-order valence-electron chi connectivity index (χ3n) is 3.06. The Morgan fingerprint density at radius 3 is 2.47 bits per heavy atom. The third kappa shape index (κ3) is 4.34. The highest BCUT2D eigenvalue weighted by Crippen LogP contribution is 2.33. The number of benzene rings is 1. The van der Waals surface area contributed by atoms with Gasteiger partial charge < -0.3 is 4.74 Å². The molecule has 1 aromatic rings. The van der Waals surface area contributed by atoms with Crippen LogP contribution in [-0.4, -0.2) is 7.11 Å². The minimum Gasteiger partial charge on any atom is -0.497 e. The molecule has 19 heavy (non-hydrogen) atoms. The maximum Gasteiger partial charge on any atom is 0.264 e. The Hall–Kier alpha value is -1.38. The molecule has 0 aliphatic heterocycles. The highest BCUT2D eigenvalue weighted by atomic mass is 19.3. The largest absolute Gasteiger partial charge is 0.497 e. The van der Waals surface area contributed by atoms with Gasteiger partial charge in [0.05, 0.1) is 7.11 Å². The predicted octanol–water partition coefficient (Wildman–Crippen LogP) is 5.47. The lowest BCUT2D eigenvalue weighted by Gasteiger charge is -2.14. The molecule has 106 valence electrons. The van der Waals surface area contributed by atoms with Crippen LogP contribution in [0.4, 0.5) is 8.78 Å². The van der Waals surface area contributed by atoms with E-state index in [0.29, 0.717) is 17.2 Å². The lowest BCUT2D eigenvalue weighted by molar-refractivity contribution is 0.151. The van der Waals surface area contributed by atoms with Crippen molar-refractivity contribution in [2.75, 3.05) is 7.11 Å². The fourth-order valence-corrected chi connectivity index (χ4v) is 1.95. The van der Waals surface area contributed by atoms with Gasteiger partial charge in [-0.05, 0) is 48.1 Å². The Morgan fingerprint density at radius 2 is 2.00 bits per heavy atom. The SMILES string of the molecule is CC/C(=C\CC(C)C)c1cc(OC)ccc1C(F)F. The first-order valence-electron chi connectivity index (χ1n) is 6.65. The second-order valence-corrected chi connectivity index (χ2v) is 4.97. The van der Waals surface area contributed by atoms with Crippen LogP contribution < -0.4 is 4.74 Å². The van der Waals surface area contributed by atoms with Crippen molar-refractivity contribution in [1.29, 1.82) is 0 Å². The van der Waals surface area contributed by atoms with Crippen molar-refractivity contribution in [3.05, 3.63) is 35.4 Å². The second-order valence-electron chi connectivity index (χ2n) is 4.97. The van der Waals surface area contributed by atoms with Gasteiger partial charge in [0, 0.05) is 5.56 Å². The number of rotatable bonds is 6. The van der Waals surface area contributed by atoms with E-state index in [-0.39, 0.29) is 5.56 Å². The highest BCUT2D eigenvalue weighted by Gasteiger charge is 2.16. The Morgan fingerprint density at radius 1 is 1.32 bits per heavy atom. The van der Waals surface area contributed by atoms with E-state index in [2.05, 4.69) is 19.9 Å². The molecule has 0 heterocycles. The van der Waals surface area contributed by atoms with Crippen molar-refractivity contribution < 1.29 is 13.5 Å². The molecule has 1 aromatic carbocycles. The molecule has 0 aliphatic carbocycles. The van der Waals surface area contributed by atoms with E-state index in [1.54, 1.807) is 19.2 Å². The van der Waals surface area contributed by atoms with E-state index in [0.717, 1.165) is 18.4 Å². The maximum absolute atomic E-state index is 13.1. The smallest absolute Gasteiger partial charge is 0.264 e. The summed E-state index contributed by atoms with van der Waals surface area (Å²) >= 11 is 0.